The SMILES string of the molecule is Cc1cc(C)nc(CCc2c(C)nc(CCc3cc(-c4cc(C)nc(C)c4)cc(C)n3)c(C)c2C)c1. The van der Waals surface area contributed by atoms with Gasteiger partial charge in [-0.3, -0.25) is 19.9 Å². The fourth-order valence-electron chi connectivity index (χ4n) is 5.27. The summed E-state index contributed by atoms with van der Waals surface area (Å²) in [7, 11) is 0. The number of aryl methyl sites for hydroxylation is 9. The molecule has 0 aromatic carbocycles. The van der Waals surface area contributed by atoms with Crippen LogP contribution in [0.2, 0.25) is 0 Å². The van der Waals surface area contributed by atoms with Gasteiger partial charge in [0.05, 0.1) is 0 Å². The molecule has 0 fully saturated rings. The molecule has 4 nitrogen and oxygen atoms in total. The Morgan fingerprint density at radius 3 is 1.64 bits per heavy atom. The van der Waals surface area contributed by atoms with Crippen LogP contribution in [0.3, 0.4) is 0 Å². The van der Waals surface area contributed by atoms with Crippen LogP contribution in [0, 0.1) is 55.4 Å². The molecule has 36 heavy (non-hydrogen) atoms. The second-order valence-electron chi connectivity index (χ2n) is 10.3. The third-order valence-electron chi connectivity index (χ3n) is 7.01. The molecule has 186 valence electrons. The first kappa shape index (κ1) is 25.7. The molecule has 4 rings (SSSR count). The van der Waals surface area contributed by atoms with Crippen molar-refractivity contribution in [2.45, 2.75) is 81.1 Å². The van der Waals surface area contributed by atoms with E-state index in [4.69, 9.17) is 15.0 Å². The molecule has 0 aliphatic carbocycles. The zero-order chi connectivity index (χ0) is 26.0. The standard InChI is InChI=1S/C32H38N4/c1-19-13-20(2)34-29(14-19)9-11-31-24(6)25(7)32(36-26(31)8)12-10-30-18-28(17-23(5)35-30)27-15-21(3)33-22(4)16-27/h13-18H,9-12H2,1-8H3. The first-order valence-corrected chi connectivity index (χ1v) is 12.9. The first-order valence-electron chi connectivity index (χ1n) is 12.9. The van der Waals surface area contributed by atoms with Gasteiger partial charge in [0.2, 0.25) is 0 Å². The summed E-state index contributed by atoms with van der Waals surface area (Å²) < 4.78 is 0. The molecule has 4 heterocycles. The van der Waals surface area contributed by atoms with E-state index in [0.29, 0.717) is 0 Å². The Morgan fingerprint density at radius 1 is 0.472 bits per heavy atom. The number of hydrogen-bond acceptors (Lipinski definition) is 4. The molecule has 0 saturated heterocycles. The van der Waals surface area contributed by atoms with Crippen molar-refractivity contribution >= 4 is 0 Å². The van der Waals surface area contributed by atoms with Gasteiger partial charge < -0.3 is 0 Å². The predicted molar refractivity (Wildman–Crippen MR) is 149 cm³/mol. The van der Waals surface area contributed by atoms with Gasteiger partial charge in [0, 0.05) is 45.6 Å². The van der Waals surface area contributed by atoms with Gasteiger partial charge in [0.15, 0.2) is 0 Å². The van der Waals surface area contributed by atoms with Crippen molar-refractivity contribution in [3.63, 3.8) is 0 Å². The predicted octanol–water partition coefficient (Wildman–Crippen LogP) is 6.97. The van der Waals surface area contributed by atoms with Crippen molar-refractivity contribution in [3.8, 4) is 11.1 Å². The molecule has 0 amide bonds. The van der Waals surface area contributed by atoms with Gasteiger partial charge in [0.25, 0.3) is 0 Å². The van der Waals surface area contributed by atoms with Gasteiger partial charge in [-0.2, -0.15) is 0 Å². The van der Waals surface area contributed by atoms with Crippen molar-refractivity contribution < 1.29 is 0 Å². The first-order chi connectivity index (χ1) is 17.1. The summed E-state index contributed by atoms with van der Waals surface area (Å²) in [4.78, 5) is 19.2. The third-order valence-corrected chi connectivity index (χ3v) is 7.01. The molecule has 0 saturated carbocycles. The van der Waals surface area contributed by atoms with Crippen LogP contribution >= 0.6 is 0 Å². The topological polar surface area (TPSA) is 51.6 Å². The van der Waals surface area contributed by atoms with Crippen LogP contribution in [0.1, 0.15) is 67.8 Å². The van der Waals surface area contributed by atoms with Crippen molar-refractivity contribution in [2.75, 3.05) is 0 Å². The summed E-state index contributed by atoms with van der Waals surface area (Å²) in [6.07, 6.45) is 3.66. The van der Waals surface area contributed by atoms with Gasteiger partial charge in [-0.25, -0.2) is 0 Å². The summed E-state index contributed by atoms with van der Waals surface area (Å²) in [5, 5.41) is 0. The minimum absolute atomic E-state index is 0.871. The van der Waals surface area contributed by atoms with E-state index in [2.05, 4.69) is 82.9 Å². The summed E-state index contributed by atoms with van der Waals surface area (Å²) >= 11 is 0. The Bertz CT molecular complexity index is 1380. The van der Waals surface area contributed by atoms with Crippen LogP contribution < -0.4 is 0 Å². The maximum atomic E-state index is 5.07. The molecule has 4 aromatic heterocycles. The Labute approximate surface area is 216 Å². The van der Waals surface area contributed by atoms with Gasteiger partial charge in [0.1, 0.15) is 0 Å². The summed E-state index contributed by atoms with van der Waals surface area (Å²) in [6.45, 7) is 17.0. The maximum Gasteiger partial charge on any atom is 0.0442 e. The molecule has 0 aliphatic heterocycles. The van der Waals surface area contributed by atoms with E-state index in [0.717, 1.165) is 65.5 Å². The quantitative estimate of drug-likeness (QED) is 0.288. The van der Waals surface area contributed by atoms with E-state index in [1.807, 2.05) is 13.8 Å². The van der Waals surface area contributed by atoms with Crippen LogP contribution in [0.4, 0.5) is 0 Å². The lowest BCUT2D eigenvalue weighted by atomic mass is 9.94. The fourth-order valence-corrected chi connectivity index (χ4v) is 5.27. The van der Waals surface area contributed by atoms with Crippen LogP contribution in [0.25, 0.3) is 11.1 Å². The van der Waals surface area contributed by atoms with E-state index in [-0.39, 0.29) is 0 Å². The smallest absolute Gasteiger partial charge is 0.0442 e. The molecular formula is C32H38N4. The Kier molecular flexibility index (Phi) is 7.63. The molecular weight excluding hydrogens is 440 g/mol. The molecule has 0 atom stereocenters. The molecule has 0 N–H and O–H groups in total. The van der Waals surface area contributed by atoms with Crippen molar-refractivity contribution in [2.24, 2.45) is 0 Å². The maximum absolute atomic E-state index is 5.07. The van der Waals surface area contributed by atoms with Crippen LogP contribution in [0.5, 0.6) is 0 Å². The average molecular weight is 479 g/mol. The second kappa shape index (κ2) is 10.7. The number of hydrogen-bond donors (Lipinski definition) is 0. The average Bonchev–Trinajstić information content (AvgIpc) is 2.79. The minimum Gasteiger partial charge on any atom is -0.258 e. The summed E-state index contributed by atoms with van der Waals surface area (Å²) in [5.41, 5.74) is 16.5. The molecule has 4 aromatic rings. The van der Waals surface area contributed by atoms with E-state index >= 15 is 0 Å². The molecule has 0 bridgehead atoms. The molecule has 0 radical (unpaired) electrons. The number of pyridine rings is 4. The normalized spacial score (nSPS) is 11.2. The highest BCUT2D eigenvalue weighted by Gasteiger charge is 2.14. The van der Waals surface area contributed by atoms with Gasteiger partial charge >= 0.3 is 0 Å². The highest BCUT2D eigenvalue weighted by Crippen LogP contribution is 2.25. The van der Waals surface area contributed by atoms with Crippen molar-refractivity contribution in [3.05, 3.63) is 104 Å². The van der Waals surface area contributed by atoms with Crippen molar-refractivity contribution in [1.29, 1.82) is 0 Å². The van der Waals surface area contributed by atoms with Gasteiger partial charge in [-0.05, 0) is 151 Å². The zero-order valence-corrected chi connectivity index (χ0v) is 23.1. The largest absolute Gasteiger partial charge is 0.258 e. The molecule has 0 aliphatic rings. The monoisotopic (exact) mass is 478 g/mol. The van der Waals surface area contributed by atoms with E-state index < -0.39 is 0 Å². The molecule has 0 unspecified atom stereocenters. The number of nitrogens with zero attached hydrogens (tertiary/aromatic N) is 4. The van der Waals surface area contributed by atoms with E-state index in [1.54, 1.807) is 0 Å². The lowest BCUT2D eigenvalue weighted by Crippen LogP contribution is -2.09. The van der Waals surface area contributed by atoms with Crippen LogP contribution in [0.15, 0.2) is 36.4 Å². The number of rotatable bonds is 7. The minimum atomic E-state index is 0.871. The lowest BCUT2D eigenvalue weighted by molar-refractivity contribution is 0.825. The van der Waals surface area contributed by atoms with Crippen LogP contribution in [-0.4, -0.2) is 19.9 Å². The summed E-state index contributed by atoms with van der Waals surface area (Å²) in [5.74, 6) is 0. The Hall–Kier alpha value is -3.40. The molecule has 0 spiro atoms. The van der Waals surface area contributed by atoms with E-state index in [1.165, 1.54) is 39.1 Å². The highest BCUT2D eigenvalue weighted by molar-refractivity contribution is 5.65. The van der Waals surface area contributed by atoms with Crippen molar-refractivity contribution in [1.82, 2.24) is 19.9 Å². The zero-order valence-electron chi connectivity index (χ0n) is 23.1. The fraction of sp³-hybridized carbons (Fsp3) is 0.375. The Morgan fingerprint density at radius 2 is 1.00 bits per heavy atom. The van der Waals surface area contributed by atoms with E-state index in [9.17, 15) is 0 Å². The second-order valence-corrected chi connectivity index (χ2v) is 10.3. The lowest BCUT2D eigenvalue weighted by Gasteiger charge is -2.16. The Balaban J connectivity index is 1.52. The number of aromatic nitrogens is 4. The highest BCUT2D eigenvalue weighted by atomic mass is 14.7. The third kappa shape index (κ3) is 6.04. The molecule has 4 heteroatoms. The van der Waals surface area contributed by atoms with Gasteiger partial charge in [-0.15, -0.1) is 0 Å². The summed E-state index contributed by atoms with van der Waals surface area (Å²) in [6, 6.07) is 13.0. The van der Waals surface area contributed by atoms with Gasteiger partial charge in [-0.1, -0.05) is 0 Å². The van der Waals surface area contributed by atoms with Crippen LogP contribution in [-0.2, 0) is 25.7 Å².